The quantitative estimate of drug-likeness (QED) is 0.669. The van der Waals surface area contributed by atoms with E-state index < -0.39 is 0 Å². The fourth-order valence-corrected chi connectivity index (χ4v) is 2.61. The van der Waals surface area contributed by atoms with Gasteiger partial charge in [-0.15, -0.1) is 5.10 Å². The van der Waals surface area contributed by atoms with E-state index in [9.17, 15) is 0 Å². The second kappa shape index (κ2) is 5.96. The Morgan fingerprint density at radius 1 is 1.33 bits per heavy atom. The molecule has 0 bridgehead atoms. The predicted molar refractivity (Wildman–Crippen MR) is 76.5 cm³/mol. The second-order valence-corrected chi connectivity index (χ2v) is 5.27. The number of tetrazole rings is 1. The van der Waals surface area contributed by atoms with Gasteiger partial charge >= 0.3 is 0 Å². The highest BCUT2D eigenvalue weighted by molar-refractivity contribution is 7.98. The van der Waals surface area contributed by atoms with E-state index in [4.69, 9.17) is 9.26 Å². The molecule has 0 N–H and O–H groups in total. The highest BCUT2D eigenvalue weighted by atomic mass is 32.2. The topological polar surface area (TPSA) is 78.9 Å². The third-order valence-corrected chi connectivity index (χ3v) is 3.80. The van der Waals surface area contributed by atoms with E-state index in [1.54, 1.807) is 18.1 Å². The van der Waals surface area contributed by atoms with Crippen LogP contribution in [-0.2, 0) is 5.75 Å². The van der Waals surface area contributed by atoms with Gasteiger partial charge in [-0.3, -0.25) is 0 Å². The molecule has 2 aromatic heterocycles. The van der Waals surface area contributed by atoms with Gasteiger partial charge in [-0.25, -0.2) is 0 Å². The summed E-state index contributed by atoms with van der Waals surface area (Å²) in [6, 6.07) is 7.68. The first-order valence-electron chi connectivity index (χ1n) is 6.23. The molecule has 0 radical (unpaired) electrons. The van der Waals surface area contributed by atoms with Crippen LogP contribution in [0.15, 0.2) is 40.2 Å². The molecule has 8 heteroatoms. The van der Waals surface area contributed by atoms with Gasteiger partial charge in [0.15, 0.2) is 0 Å². The zero-order chi connectivity index (χ0) is 14.7. The van der Waals surface area contributed by atoms with E-state index >= 15 is 0 Å². The van der Waals surface area contributed by atoms with Crippen LogP contribution in [0.1, 0.15) is 11.3 Å². The standard InChI is InChI=1S/C13H13N5O2S/c1-9-3-4-12(19-2)11(7-9)18-13(14-16-17-18)21-8-10-5-6-20-15-10/h3-7H,8H2,1-2H3. The van der Waals surface area contributed by atoms with Crippen LogP contribution in [0.4, 0.5) is 0 Å². The van der Waals surface area contributed by atoms with E-state index in [0.29, 0.717) is 10.9 Å². The second-order valence-electron chi connectivity index (χ2n) is 4.33. The molecule has 0 amide bonds. The van der Waals surface area contributed by atoms with Gasteiger partial charge in [-0.1, -0.05) is 23.0 Å². The van der Waals surface area contributed by atoms with Crippen LogP contribution in [0.5, 0.6) is 5.75 Å². The van der Waals surface area contributed by atoms with Crippen molar-refractivity contribution in [2.45, 2.75) is 17.8 Å². The molecule has 0 spiro atoms. The number of methoxy groups -OCH3 is 1. The third-order valence-electron chi connectivity index (χ3n) is 2.84. The van der Waals surface area contributed by atoms with Crippen molar-refractivity contribution in [3.63, 3.8) is 0 Å². The van der Waals surface area contributed by atoms with E-state index in [0.717, 1.165) is 22.7 Å². The molecule has 0 saturated heterocycles. The number of aryl methyl sites for hydroxylation is 1. The summed E-state index contributed by atoms with van der Waals surface area (Å²) in [7, 11) is 1.63. The first kappa shape index (κ1) is 13.6. The summed E-state index contributed by atoms with van der Waals surface area (Å²) < 4.78 is 11.8. The van der Waals surface area contributed by atoms with E-state index in [-0.39, 0.29) is 0 Å². The maximum atomic E-state index is 5.38. The number of rotatable bonds is 5. The highest BCUT2D eigenvalue weighted by Gasteiger charge is 2.14. The normalized spacial score (nSPS) is 10.8. The van der Waals surface area contributed by atoms with Crippen molar-refractivity contribution in [1.82, 2.24) is 25.4 Å². The largest absolute Gasteiger partial charge is 0.494 e. The molecule has 1 aromatic carbocycles. The molecular weight excluding hydrogens is 290 g/mol. The minimum Gasteiger partial charge on any atom is -0.494 e. The van der Waals surface area contributed by atoms with Crippen molar-refractivity contribution in [1.29, 1.82) is 0 Å². The van der Waals surface area contributed by atoms with Gasteiger partial charge in [-0.05, 0) is 35.0 Å². The Bertz CT molecular complexity index is 726. The van der Waals surface area contributed by atoms with Gasteiger partial charge in [0.25, 0.3) is 0 Å². The monoisotopic (exact) mass is 303 g/mol. The lowest BCUT2D eigenvalue weighted by atomic mass is 10.2. The molecule has 0 aliphatic carbocycles. The average molecular weight is 303 g/mol. The third kappa shape index (κ3) is 2.89. The van der Waals surface area contributed by atoms with Crippen molar-refractivity contribution >= 4 is 11.8 Å². The van der Waals surface area contributed by atoms with Crippen LogP contribution in [0.2, 0.25) is 0 Å². The molecule has 108 valence electrons. The molecule has 2 heterocycles. The summed E-state index contributed by atoms with van der Waals surface area (Å²) in [6.45, 7) is 2.01. The molecule has 3 aromatic rings. The minimum atomic E-state index is 0.630. The van der Waals surface area contributed by atoms with Crippen molar-refractivity contribution in [2.75, 3.05) is 7.11 Å². The zero-order valence-electron chi connectivity index (χ0n) is 11.6. The van der Waals surface area contributed by atoms with Gasteiger partial charge in [0.2, 0.25) is 5.16 Å². The molecule has 3 rings (SSSR count). The molecule has 7 nitrogen and oxygen atoms in total. The summed E-state index contributed by atoms with van der Waals surface area (Å²) in [6.07, 6.45) is 1.54. The Morgan fingerprint density at radius 2 is 2.24 bits per heavy atom. The Labute approximate surface area is 125 Å². The van der Waals surface area contributed by atoms with Gasteiger partial charge in [-0.2, -0.15) is 4.68 Å². The van der Waals surface area contributed by atoms with Crippen LogP contribution in [0.25, 0.3) is 5.69 Å². The summed E-state index contributed by atoms with van der Waals surface area (Å²) in [4.78, 5) is 0. The number of nitrogens with zero attached hydrogens (tertiary/aromatic N) is 5. The Morgan fingerprint density at radius 3 is 3.00 bits per heavy atom. The van der Waals surface area contributed by atoms with Crippen LogP contribution < -0.4 is 4.74 Å². The van der Waals surface area contributed by atoms with Crippen molar-refractivity contribution in [2.24, 2.45) is 0 Å². The lowest BCUT2D eigenvalue weighted by Gasteiger charge is -2.09. The van der Waals surface area contributed by atoms with Crippen LogP contribution in [0, 0.1) is 6.92 Å². The minimum absolute atomic E-state index is 0.630. The van der Waals surface area contributed by atoms with Crippen LogP contribution >= 0.6 is 11.8 Å². The average Bonchev–Trinajstić information content (AvgIpc) is 3.16. The Hall–Kier alpha value is -2.35. The van der Waals surface area contributed by atoms with Gasteiger partial charge < -0.3 is 9.26 Å². The maximum Gasteiger partial charge on any atom is 0.214 e. The van der Waals surface area contributed by atoms with Gasteiger partial charge in [0, 0.05) is 11.8 Å². The maximum absolute atomic E-state index is 5.38. The highest BCUT2D eigenvalue weighted by Crippen LogP contribution is 2.28. The molecule has 0 atom stereocenters. The number of hydrogen-bond donors (Lipinski definition) is 0. The fourth-order valence-electron chi connectivity index (χ4n) is 1.84. The molecule has 0 fully saturated rings. The molecule has 0 aliphatic heterocycles. The molecular formula is C13H13N5O2S. The fraction of sp³-hybridized carbons (Fsp3) is 0.231. The summed E-state index contributed by atoms with van der Waals surface area (Å²) in [5, 5.41) is 16.4. The number of ether oxygens (including phenoxy) is 1. The van der Waals surface area contributed by atoms with Crippen LogP contribution in [-0.4, -0.2) is 32.5 Å². The molecule has 0 unspecified atom stereocenters. The van der Waals surface area contributed by atoms with Crippen molar-refractivity contribution in [3.05, 3.63) is 41.8 Å². The van der Waals surface area contributed by atoms with Crippen molar-refractivity contribution in [3.8, 4) is 11.4 Å². The zero-order valence-corrected chi connectivity index (χ0v) is 12.4. The van der Waals surface area contributed by atoms with Gasteiger partial charge in [0.05, 0.1) is 12.8 Å². The number of aromatic nitrogens is 5. The van der Waals surface area contributed by atoms with E-state index in [1.165, 1.54) is 11.8 Å². The van der Waals surface area contributed by atoms with Gasteiger partial charge in [0.1, 0.15) is 17.7 Å². The lowest BCUT2D eigenvalue weighted by Crippen LogP contribution is -2.02. The molecule has 0 aliphatic rings. The van der Waals surface area contributed by atoms with E-state index in [2.05, 4.69) is 20.7 Å². The summed E-state index contributed by atoms with van der Waals surface area (Å²) in [5.41, 5.74) is 2.75. The van der Waals surface area contributed by atoms with E-state index in [1.807, 2.05) is 31.2 Å². The molecule has 21 heavy (non-hydrogen) atoms. The number of thioether (sulfide) groups is 1. The lowest BCUT2D eigenvalue weighted by molar-refractivity contribution is 0.410. The van der Waals surface area contributed by atoms with Crippen LogP contribution in [0.3, 0.4) is 0 Å². The number of hydrogen-bond acceptors (Lipinski definition) is 7. The first-order valence-corrected chi connectivity index (χ1v) is 7.22. The smallest absolute Gasteiger partial charge is 0.214 e. The Balaban J connectivity index is 1.90. The summed E-state index contributed by atoms with van der Waals surface area (Å²) >= 11 is 1.48. The molecule has 0 saturated carbocycles. The number of benzene rings is 1. The Kier molecular flexibility index (Phi) is 3.87. The summed E-state index contributed by atoms with van der Waals surface area (Å²) in [5.74, 6) is 1.35. The van der Waals surface area contributed by atoms with Crippen molar-refractivity contribution < 1.29 is 9.26 Å². The first-order chi connectivity index (χ1) is 10.3. The predicted octanol–water partition coefficient (Wildman–Crippen LogP) is 2.26. The SMILES string of the molecule is COc1ccc(C)cc1-n1nnnc1SCc1ccon1.